The standard InChI is InChI=1S/C16H16Cl2N4O2S/c1-8-14(15(23)24-2)11(13(21-8)7-20-22-16(19)25)6-9-5-10(17)3-4-12(9)18/h3-5,7,21H,6H2,1-2H3,(H3,19,22,25). The molecule has 0 aliphatic rings. The number of rotatable bonds is 5. The van der Waals surface area contributed by atoms with Gasteiger partial charge < -0.3 is 15.5 Å². The summed E-state index contributed by atoms with van der Waals surface area (Å²) in [6.45, 7) is 1.77. The van der Waals surface area contributed by atoms with Gasteiger partial charge >= 0.3 is 5.97 Å². The summed E-state index contributed by atoms with van der Waals surface area (Å²) in [5, 5.41) is 5.07. The normalized spacial score (nSPS) is 10.9. The van der Waals surface area contributed by atoms with Crippen molar-refractivity contribution in [2.24, 2.45) is 10.8 Å². The Hall–Kier alpha value is -2.09. The summed E-state index contributed by atoms with van der Waals surface area (Å²) >= 11 is 17.0. The average Bonchev–Trinajstić information content (AvgIpc) is 2.85. The molecule has 0 radical (unpaired) electrons. The first-order valence-electron chi connectivity index (χ1n) is 7.15. The van der Waals surface area contributed by atoms with Crippen LogP contribution in [-0.2, 0) is 11.2 Å². The number of benzene rings is 1. The quantitative estimate of drug-likeness (QED) is 0.311. The number of nitrogens with two attached hydrogens (primary N) is 1. The first-order valence-corrected chi connectivity index (χ1v) is 8.32. The summed E-state index contributed by atoms with van der Waals surface area (Å²) in [7, 11) is 1.33. The second kappa shape index (κ2) is 8.33. The van der Waals surface area contributed by atoms with Gasteiger partial charge in [-0.3, -0.25) is 5.43 Å². The molecule has 0 fully saturated rings. The Morgan fingerprint density at radius 2 is 2.20 bits per heavy atom. The van der Waals surface area contributed by atoms with Gasteiger partial charge in [0.2, 0.25) is 0 Å². The van der Waals surface area contributed by atoms with Crippen LogP contribution < -0.4 is 11.2 Å². The second-order valence-corrected chi connectivity index (χ2v) is 6.44. The molecule has 0 saturated heterocycles. The maximum absolute atomic E-state index is 12.2. The number of aromatic amines is 1. The predicted molar refractivity (Wildman–Crippen MR) is 104 cm³/mol. The van der Waals surface area contributed by atoms with Crippen molar-refractivity contribution in [1.82, 2.24) is 10.4 Å². The summed E-state index contributed by atoms with van der Waals surface area (Å²) in [6, 6.07) is 5.16. The lowest BCUT2D eigenvalue weighted by Gasteiger charge is -2.08. The van der Waals surface area contributed by atoms with E-state index >= 15 is 0 Å². The smallest absolute Gasteiger partial charge is 0.339 e. The molecular formula is C16H16Cl2N4O2S. The summed E-state index contributed by atoms with van der Waals surface area (Å²) < 4.78 is 4.89. The van der Waals surface area contributed by atoms with E-state index in [0.717, 1.165) is 5.56 Å². The molecule has 0 amide bonds. The Bertz CT molecular complexity index is 849. The van der Waals surface area contributed by atoms with E-state index in [4.69, 9.17) is 45.9 Å². The number of nitrogens with one attached hydrogen (secondary N) is 2. The average molecular weight is 399 g/mol. The van der Waals surface area contributed by atoms with Crippen LogP contribution >= 0.6 is 35.4 Å². The van der Waals surface area contributed by atoms with Crippen molar-refractivity contribution in [2.45, 2.75) is 13.3 Å². The molecule has 9 heteroatoms. The van der Waals surface area contributed by atoms with E-state index in [1.54, 1.807) is 25.1 Å². The maximum atomic E-state index is 12.2. The van der Waals surface area contributed by atoms with E-state index in [1.807, 2.05) is 0 Å². The van der Waals surface area contributed by atoms with Gasteiger partial charge in [0.1, 0.15) is 0 Å². The van der Waals surface area contributed by atoms with Crippen molar-refractivity contribution in [1.29, 1.82) is 0 Å². The molecule has 0 unspecified atom stereocenters. The fraction of sp³-hybridized carbons (Fsp3) is 0.188. The number of carbonyl (C=O) groups is 1. The third-order valence-corrected chi connectivity index (χ3v) is 4.15. The van der Waals surface area contributed by atoms with Gasteiger partial charge in [-0.2, -0.15) is 5.10 Å². The van der Waals surface area contributed by atoms with E-state index < -0.39 is 5.97 Å². The molecule has 6 nitrogen and oxygen atoms in total. The van der Waals surface area contributed by atoms with Crippen LogP contribution in [0.2, 0.25) is 10.0 Å². The fourth-order valence-corrected chi connectivity index (χ4v) is 2.83. The van der Waals surface area contributed by atoms with Crippen molar-refractivity contribution < 1.29 is 9.53 Å². The zero-order chi connectivity index (χ0) is 18.6. The molecule has 2 aromatic rings. The molecule has 4 N–H and O–H groups in total. The molecule has 1 heterocycles. The molecule has 0 bridgehead atoms. The fourth-order valence-electron chi connectivity index (χ4n) is 2.40. The molecule has 25 heavy (non-hydrogen) atoms. The number of thiocarbonyl (C=S) groups is 1. The van der Waals surface area contributed by atoms with Crippen molar-refractivity contribution in [2.75, 3.05) is 7.11 Å². The maximum Gasteiger partial charge on any atom is 0.339 e. The SMILES string of the molecule is COC(=O)c1c(C)[nH]c(C=NNC(N)=S)c1Cc1cc(Cl)ccc1Cl. The first-order chi connectivity index (χ1) is 11.8. The minimum atomic E-state index is -0.455. The number of methoxy groups -OCH3 is 1. The number of carbonyl (C=O) groups excluding carboxylic acids is 1. The Morgan fingerprint density at radius 3 is 2.84 bits per heavy atom. The zero-order valence-corrected chi connectivity index (χ0v) is 15.9. The van der Waals surface area contributed by atoms with Crippen LogP contribution in [0.4, 0.5) is 0 Å². The van der Waals surface area contributed by atoms with Crippen LogP contribution in [0, 0.1) is 6.92 Å². The summed E-state index contributed by atoms with van der Waals surface area (Å²) in [5.41, 5.74) is 11.0. The summed E-state index contributed by atoms with van der Waals surface area (Å²) in [4.78, 5) is 15.3. The van der Waals surface area contributed by atoms with Crippen LogP contribution in [0.15, 0.2) is 23.3 Å². The minimum absolute atomic E-state index is 0.0344. The number of ether oxygens (including phenoxy) is 1. The van der Waals surface area contributed by atoms with Crippen LogP contribution in [0.3, 0.4) is 0 Å². The Kier molecular flexibility index (Phi) is 6.41. The summed E-state index contributed by atoms with van der Waals surface area (Å²) in [5.74, 6) is -0.455. The molecule has 1 aromatic carbocycles. The Labute approximate surface area is 160 Å². The van der Waals surface area contributed by atoms with Crippen molar-refractivity contribution >= 4 is 52.7 Å². The molecule has 2 rings (SSSR count). The van der Waals surface area contributed by atoms with Crippen molar-refractivity contribution in [3.05, 3.63) is 56.3 Å². The van der Waals surface area contributed by atoms with Gasteiger partial charge in [-0.1, -0.05) is 23.2 Å². The highest BCUT2D eigenvalue weighted by Gasteiger charge is 2.22. The van der Waals surface area contributed by atoms with Gasteiger partial charge in [0.25, 0.3) is 0 Å². The number of aromatic nitrogens is 1. The molecule has 0 aliphatic heterocycles. The topological polar surface area (TPSA) is 92.5 Å². The lowest BCUT2D eigenvalue weighted by molar-refractivity contribution is 0.0599. The van der Waals surface area contributed by atoms with Crippen LogP contribution in [0.1, 0.15) is 32.9 Å². The minimum Gasteiger partial charge on any atom is -0.465 e. The number of hydrogen-bond acceptors (Lipinski definition) is 4. The number of hydrazone groups is 1. The Morgan fingerprint density at radius 1 is 1.48 bits per heavy atom. The van der Waals surface area contributed by atoms with Gasteiger partial charge in [-0.05, 0) is 48.5 Å². The molecule has 0 spiro atoms. The number of nitrogens with zero attached hydrogens (tertiary/aromatic N) is 1. The van der Waals surface area contributed by atoms with Gasteiger partial charge in [0.15, 0.2) is 5.11 Å². The van der Waals surface area contributed by atoms with E-state index in [-0.39, 0.29) is 5.11 Å². The third kappa shape index (κ3) is 4.72. The van der Waals surface area contributed by atoms with Crippen molar-refractivity contribution in [3.63, 3.8) is 0 Å². The lowest BCUT2D eigenvalue weighted by Crippen LogP contribution is -2.24. The molecule has 0 atom stereocenters. The second-order valence-electron chi connectivity index (χ2n) is 5.16. The van der Waals surface area contributed by atoms with E-state index in [0.29, 0.717) is 39.0 Å². The molecule has 0 saturated carbocycles. The number of esters is 1. The van der Waals surface area contributed by atoms with Gasteiger partial charge in [0.05, 0.1) is 24.6 Å². The predicted octanol–water partition coefficient (Wildman–Crippen LogP) is 3.17. The highest BCUT2D eigenvalue weighted by Crippen LogP contribution is 2.27. The molecular weight excluding hydrogens is 383 g/mol. The number of halogens is 2. The number of H-pyrrole nitrogens is 1. The van der Waals surface area contributed by atoms with Crippen LogP contribution in [0.25, 0.3) is 0 Å². The van der Waals surface area contributed by atoms with Crippen LogP contribution in [0.5, 0.6) is 0 Å². The highest BCUT2D eigenvalue weighted by atomic mass is 35.5. The van der Waals surface area contributed by atoms with E-state index in [1.165, 1.54) is 13.3 Å². The van der Waals surface area contributed by atoms with Gasteiger partial charge in [-0.25, -0.2) is 4.79 Å². The molecule has 132 valence electrons. The Balaban J connectivity index is 2.51. The molecule has 1 aromatic heterocycles. The first kappa shape index (κ1) is 19.2. The molecule has 0 aliphatic carbocycles. The van der Waals surface area contributed by atoms with Gasteiger partial charge in [0, 0.05) is 22.2 Å². The monoisotopic (exact) mass is 398 g/mol. The van der Waals surface area contributed by atoms with E-state index in [9.17, 15) is 4.79 Å². The largest absolute Gasteiger partial charge is 0.465 e. The number of aryl methyl sites for hydroxylation is 1. The number of hydrogen-bond donors (Lipinski definition) is 3. The third-order valence-electron chi connectivity index (χ3n) is 3.46. The lowest BCUT2D eigenvalue weighted by atomic mass is 10.00. The van der Waals surface area contributed by atoms with E-state index in [2.05, 4.69) is 15.5 Å². The van der Waals surface area contributed by atoms with Crippen molar-refractivity contribution in [3.8, 4) is 0 Å². The van der Waals surface area contributed by atoms with Gasteiger partial charge in [-0.15, -0.1) is 0 Å². The van der Waals surface area contributed by atoms with Crippen LogP contribution in [-0.4, -0.2) is 29.4 Å². The highest BCUT2D eigenvalue weighted by molar-refractivity contribution is 7.80. The zero-order valence-electron chi connectivity index (χ0n) is 13.5. The summed E-state index contributed by atoms with van der Waals surface area (Å²) in [6.07, 6.45) is 1.86.